The van der Waals surface area contributed by atoms with E-state index in [1.54, 1.807) is 18.3 Å². The fourth-order valence-electron chi connectivity index (χ4n) is 5.81. The Hall–Kier alpha value is -3.90. The molecule has 1 radical (unpaired) electrons. The molecule has 0 atom stereocenters. The fourth-order valence-corrected chi connectivity index (χ4v) is 8.74. The Morgan fingerprint density at radius 1 is 0.808 bits per heavy atom. The first kappa shape index (κ1) is 32.7. The second kappa shape index (κ2) is 16.4. The van der Waals surface area contributed by atoms with E-state index in [1.807, 2.05) is 114 Å². The maximum atomic E-state index is 13.2. The number of hydrogen-bond donors (Lipinski definition) is 0. The summed E-state index contributed by atoms with van der Waals surface area (Å²) in [6, 6.07) is 34.6. The van der Waals surface area contributed by atoms with Gasteiger partial charge in [0, 0.05) is 35.8 Å². The van der Waals surface area contributed by atoms with Crippen molar-refractivity contribution < 1.29 is 35.8 Å². The van der Waals surface area contributed by atoms with E-state index in [0.29, 0.717) is 33.6 Å². The van der Waals surface area contributed by atoms with Gasteiger partial charge < -0.3 is 9.40 Å². The second-order valence-corrected chi connectivity index (χ2v) is 25.6. The van der Waals surface area contributed by atoms with Gasteiger partial charge in [0.25, 0.3) is 0 Å². The standard InChI is InChI=1S/C25H26NO.C21H21FGeN.Ir/c1-16(2)18-6-8-23-20(13-18)21-14-19(7-9-24(21)27-23)22-12-17(10-11-26-22)15-25(3,4)5;1-23(2,3)20-15-24-21(17-9-11-19(22)12-10-17)14-18(20)13-16-7-5-4-6-8-16;/h6,8-14,16H,15H2,1-5H3;4-9,11-12,14-15H,13H2,1-3H3;/q2*-1;/i15D2,16D;13D2;. The summed E-state index contributed by atoms with van der Waals surface area (Å²) in [4.78, 5) is 9.01. The van der Waals surface area contributed by atoms with Gasteiger partial charge in [-0.2, -0.15) is 0 Å². The van der Waals surface area contributed by atoms with Gasteiger partial charge in [0.1, 0.15) is 5.58 Å². The van der Waals surface area contributed by atoms with E-state index < -0.39 is 37.3 Å². The zero-order valence-electron chi connectivity index (χ0n) is 35.9. The number of furan rings is 1. The predicted molar refractivity (Wildman–Crippen MR) is 214 cm³/mol. The number of rotatable bonds is 7. The van der Waals surface area contributed by atoms with Crippen LogP contribution in [0.4, 0.5) is 4.39 Å². The second-order valence-electron chi connectivity index (χ2n) is 15.0. The molecule has 7 rings (SSSR count). The molecule has 269 valence electrons. The van der Waals surface area contributed by atoms with E-state index in [9.17, 15) is 4.39 Å². The number of aromatic nitrogens is 2. The van der Waals surface area contributed by atoms with Gasteiger partial charge in [-0.3, -0.25) is 0 Å². The molecule has 0 unspecified atom stereocenters. The van der Waals surface area contributed by atoms with E-state index in [2.05, 4.69) is 39.4 Å². The normalized spacial score (nSPS) is 13.9. The minimum absolute atomic E-state index is 0. The van der Waals surface area contributed by atoms with E-state index in [1.165, 1.54) is 12.1 Å². The number of benzene rings is 4. The number of nitrogens with zero attached hydrogens (tertiary/aromatic N) is 2. The van der Waals surface area contributed by atoms with E-state index in [4.69, 9.17) is 11.3 Å². The smallest absolute Gasteiger partial charge is 0 e. The molecule has 7 aromatic rings. The molecule has 0 aliphatic heterocycles. The molecule has 0 fully saturated rings. The first-order valence-electron chi connectivity index (χ1n) is 19.7. The quantitative estimate of drug-likeness (QED) is 0.118. The monoisotopic (exact) mass is 934 g/mol. The van der Waals surface area contributed by atoms with Crippen LogP contribution in [0.15, 0.2) is 114 Å². The van der Waals surface area contributed by atoms with Gasteiger partial charge in [-0.1, -0.05) is 57.7 Å². The zero-order valence-corrected chi connectivity index (χ0v) is 35.4. The van der Waals surface area contributed by atoms with Crippen molar-refractivity contribution >= 4 is 39.6 Å². The van der Waals surface area contributed by atoms with Crippen molar-refractivity contribution in [1.82, 2.24) is 9.97 Å². The third-order valence-electron chi connectivity index (χ3n) is 8.35. The first-order valence-corrected chi connectivity index (χ1v) is 24.5. The number of halogens is 1. The van der Waals surface area contributed by atoms with E-state index in [0.717, 1.165) is 37.5 Å². The van der Waals surface area contributed by atoms with E-state index >= 15 is 0 Å². The summed E-state index contributed by atoms with van der Waals surface area (Å²) in [6.07, 6.45) is 0.335. The van der Waals surface area contributed by atoms with Gasteiger partial charge in [-0.15, -0.1) is 23.8 Å². The van der Waals surface area contributed by atoms with Crippen LogP contribution in [0.5, 0.6) is 0 Å². The average Bonchev–Trinajstić information content (AvgIpc) is 3.52. The first-order chi connectivity index (χ1) is 26.1. The van der Waals surface area contributed by atoms with Crippen LogP contribution in [0.1, 0.15) is 69.6 Å². The summed E-state index contributed by atoms with van der Waals surface area (Å²) >= 11 is -2.37. The third kappa shape index (κ3) is 9.74. The number of fused-ring (bicyclic) bond motifs is 3. The molecule has 0 bridgehead atoms. The van der Waals surface area contributed by atoms with Crippen molar-refractivity contribution in [3.05, 3.63) is 150 Å². The van der Waals surface area contributed by atoms with Crippen molar-refractivity contribution in [2.45, 2.75) is 70.5 Å². The van der Waals surface area contributed by atoms with Gasteiger partial charge in [0.15, 0.2) is 0 Å². The summed E-state index contributed by atoms with van der Waals surface area (Å²) in [7, 11) is 0. The molecule has 0 saturated carbocycles. The molecule has 4 aromatic carbocycles. The summed E-state index contributed by atoms with van der Waals surface area (Å²) < 4.78 is 63.3. The topological polar surface area (TPSA) is 38.9 Å². The molecule has 3 nitrogen and oxygen atoms in total. The third-order valence-corrected chi connectivity index (χ3v) is 12.6. The Kier molecular flexibility index (Phi) is 10.3. The summed E-state index contributed by atoms with van der Waals surface area (Å²) in [6.45, 7) is 9.43. The predicted octanol–water partition coefficient (Wildman–Crippen LogP) is 12.0. The molecular formula is C46H47FGeIrN2O-2. The molecule has 3 aromatic heterocycles. The Labute approximate surface area is 331 Å². The largest absolute Gasteiger partial charge is 0 e. The summed E-state index contributed by atoms with van der Waals surface area (Å²) in [5.74, 6) is 5.63. The average molecular weight is 933 g/mol. The Morgan fingerprint density at radius 2 is 1.52 bits per heavy atom. The van der Waals surface area contributed by atoms with Crippen molar-refractivity contribution in [3.8, 4) is 22.5 Å². The molecule has 0 amide bonds. The van der Waals surface area contributed by atoms with Crippen LogP contribution in [0.3, 0.4) is 0 Å². The Bertz CT molecular complexity index is 2500. The molecule has 0 spiro atoms. The van der Waals surface area contributed by atoms with Crippen molar-refractivity contribution in [2.75, 3.05) is 0 Å². The van der Waals surface area contributed by atoms with Crippen molar-refractivity contribution in [2.24, 2.45) is 5.41 Å². The molecular weight excluding hydrogens is 880 g/mol. The van der Waals surface area contributed by atoms with Crippen molar-refractivity contribution in [3.63, 3.8) is 0 Å². The minimum Gasteiger partial charge on any atom is 0 e. The Balaban J connectivity index is 0.000000216. The van der Waals surface area contributed by atoms with Gasteiger partial charge in [0.2, 0.25) is 0 Å². The van der Waals surface area contributed by atoms with Crippen LogP contribution in [-0.4, -0.2) is 23.2 Å². The molecule has 52 heavy (non-hydrogen) atoms. The maximum Gasteiger partial charge on any atom is 0 e. The van der Waals surface area contributed by atoms with Crippen LogP contribution < -0.4 is 4.40 Å². The van der Waals surface area contributed by atoms with Gasteiger partial charge in [-0.05, 0) is 47.1 Å². The molecule has 0 N–H and O–H groups in total. The van der Waals surface area contributed by atoms with Crippen LogP contribution in [0.25, 0.3) is 44.5 Å². The van der Waals surface area contributed by atoms with Gasteiger partial charge >= 0.3 is 148 Å². The maximum absolute atomic E-state index is 13.2. The van der Waals surface area contributed by atoms with Gasteiger partial charge in [-0.25, -0.2) is 0 Å². The Morgan fingerprint density at radius 3 is 2.19 bits per heavy atom. The number of pyridine rings is 2. The van der Waals surface area contributed by atoms with Crippen LogP contribution in [0, 0.1) is 23.4 Å². The summed E-state index contributed by atoms with van der Waals surface area (Å²) in [5.41, 5.74) is 6.48. The summed E-state index contributed by atoms with van der Waals surface area (Å²) in [5, 5.41) is 1.90. The van der Waals surface area contributed by atoms with Crippen LogP contribution in [0.2, 0.25) is 17.3 Å². The van der Waals surface area contributed by atoms with E-state index in [-0.39, 0.29) is 25.9 Å². The van der Waals surface area contributed by atoms with Crippen LogP contribution >= 0.6 is 0 Å². The van der Waals surface area contributed by atoms with Gasteiger partial charge in [0.05, 0.1) is 5.58 Å². The van der Waals surface area contributed by atoms with Crippen molar-refractivity contribution in [1.29, 1.82) is 0 Å². The molecule has 6 heteroatoms. The zero-order chi connectivity index (χ0) is 40.8. The number of hydrogen-bond acceptors (Lipinski definition) is 3. The SMILES string of the molecule is [2H]C(C)(C)c1ccc2oc3c[c-]c(-c4cc(C([2H])([2H])C(C)(C)C)ccn4)cc3c2c1.[2H]C([2H])(c1ccccc1)c1cc(-c2[c-]cc(F)cc2)nc[c]1[Ge]([CH3])([CH3])[CH3].[Ir]. The fraction of sp³-hybridized carbons (Fsp3) is 0.261. The molecule has 0 saturated heterocycles. The minimum atomic E-state index is -2.37. The van der Waals surface area contributed by atoms with Crippen LogP contribution in [-0.2, 0) is 32.9 Å². The molecule has 3 heterocycles. The molecule has 0 aliphatic rings. The molecule has 0 aliphatic carbocycles.